The summed E-state index contributed by atoms with van der Waals surface area (Å²) in [6.45, 7) is 0. The molecule has 122 valence electrons. The van der Waals surface area contributed by atoms with Gasteiger partial charge in [-0.15, -0.1) is 0 Å². The van der Waals surface area contributed by atoms with Crippen molar-refractivity contribution in [2.24, 2.45) is 0 Å². The largest absolute Gasteiger partial charge is 0.478 e. The smallest absolute Gasteiger partial charge is 0.336 e. The van der Waals surface area contributed by atoms with Crippen molar-refractivity contribution in [2.75, 3.05) is 5.32 Å². The van der Waals surface area contributed by atoms with Gasteiger partial charge in [-0.3, -0.25) is 25.0 Å². The highest BCUT2D eigenvalue weighted by Gasteiger charge is 2.27. The highest BCUT2D eigenvalue weighted by atomic mass is 16.6. The van der Waals surface area contributed by atoms with E-state index in [2.05, 4.69) is 5.32 Å². The fraction of sp³-hybridized carbons (Fsp3) is 0. The Labute approximate surface area is 133 Å². The lowest BCUT2D eigenvalue weighted by Crippen LogP contribution is -2.18. The summed E-state index contributed by atoms with van der Waals surface area (Å²) in [5.41, 5.74) is -1.86. The molecule has 24 heavy (non-hydrogen) atoms. The highest BCUT2D eigenvalue weighted by Crippen LogP contribution is 2.24. The topological polar surface area (TPSA) is 153 Å². The van der Waals surface area contributed by atoms with E-state index in [0.717, 1.165) is 30.3 Å². The van der Waals surface area contributed by atoms with Crippen molar-refractivity contribution in [1.82, 2.24) is 0 Å². The van der Waals surface area contributed by atoms with Crippen LogP contribution in [0.2, 0.25) is 0 Å². The molecule has 0 aliphatic rings. The third-order valence-corrected chi connectivity index (χ3v) is 3.03. The first-order valence-corrected chi connectivity index (χ1v) is 6.37. The van der Waals surface area contributed by atoms with Gasteiger partial charge in [-0.05, 0) is 18.2 Å². The second-order valence-corrected chi connectivity index (χ2v) is 4.52. The van der Waals surface area contributed by atoms with Gasteiger partial charge in [0.2, 0.25) is 0 Å². The van der Waals surface area contributed by atoms with Gasteiger partial charge in [0.25, 0.3) is 17.3 Å². The maximum Gasteiger partial charge on any atom is 0.336 e. The molecule has 0 aliphatic carbocycles. The third kappa shape index (κ3) is 3.32. The minimum Gasteiger partial charge on any atom is -0.478 e. The second kappa shape index (κ2) is 6.52. The molecule has 0 bridgehead atoms. The Morgan fingerprint density at radius 1 is 0.958 bits per heavy atom. The summed E-state index contributed by atoms with van der Waals surface area (Å²) in [6.07, 6.45) is 0. The number of hydrogen-bond acceptors (Lipinski definition) is 6. The molecule has 0 aliphatic heterocycles. The maximum absolute atomic E-state index is 12.3. The SMILES string of the molecule is O=C(O)c1cccc([N+](=O)[O-])c1C(=O)Nc1ccc([N+](=O)[O-])cc1. The number of carbonyl (C=O) groups excluding carboxylic acids is 1. The number of hydrogen-bond donors (Lipinski definition) is 2. The summed E-state index contributed by atoms with van der Waals surface area (Å²) < 4.78 is 0. The molecule has 0 unspecified atom stereocenters. The number of non-ortho nitro benzene ring substituents is 1. The Bertz CT molecular complexity index is 814. The van der Waals surface area contributed by atoms with Gasteiger partial charge in [-0.1, -0.05) is 6.07 Å². The van der Waals surface area contributed by atoms with Crippen LogP contribution in [0.15, 0.2) is 42.5 Å². The van der Waals surface area contributed by atoms with Crippen LogP contribution < -0.4 is 5.32 Å². The van der Waals surface area contributed by atoms with E-state index in [1.54, 1.807) is 0 Å². The normalized spacial score (nSPS) is 10.0. The van der Waals surface area contributed by atoms with Gasteiger partial charge in [-0.25, -0.2) is 4.79 Å². The van der Waals surface area contributed by atoms with Crippen molar-refractivity contribution in [3.05, 3.63) is 73.8 Å². The number of aromatic carboxylic acids is 1. The number of nitro groups is 2. The van der Waals surface area contributed by atoms with Gasteiger partial charge in [0, 0.05) is 23.9 Å². The molecule has 0 radical (unpaired) electrons. The Kier molecular flexibility index (Phi) is 4.50. The number of amides is 1. The summed E-state index contributed by atoms with van der Waals surface area (Å²) >= 11 is 0. The van der Waals surface area contributed by atoms with Crippen molar-refractivity contribution >= 4 is 28.9 Å². The van der Waals surface area contributed by atoms with Crippen molar-refractivity contribution in [3.8, 4) is 0 Å². The zero-order chi connectivity index (χ0) is 17.9. The first-order chi connectivity index (χ1) is 11.3. The van der Waals surface area contributed by atoms with Crippen LogP contribution in [0.4, 0.5) is 17.1 Å². The number of carboxylic acids is 1. The number of nitro benzene ring substituents is 2. The molecule has 0 saturated heterocycles. The standard InChI is InChI=1S/C14H9N3O7/c18-13(15-8-4-6-9(7-5-8)16(21)22)12-10(14(19)20)2-1-3-11(12)17(23)24/h1-7H,(H,15,18)(H,19,20). The molecule has 0 saturated carbocycles. The van der Waals surface area contributed by atoms with Gasteiger partial charge >= 0.3 is 5.97 Å². The van der Waals surface area contributed by atoms with Gasteiger partial charge in [0.1, 0.15) is 5.56 Å². The highest BCUT2D eigenvalue weighted by molar-refractivity contribution is 6.13. The molecule has 2 N–H and O–H groups in total. The fourth-order valence-corrected chi connectivity index (χ4v) is 1.97. The molecule has 10 heteroatoms. The zero-order valence-corrected chi connectivity index (χ0v) is 11.8. The number of anilines is 1. The first-order valence-electron chi connectivity index (χ1n) is 6.37. The average molecular weight is 331 g/mol. The molecule has 0 spiro atoms. The van der Waals surface area contributed by atoms with Crippen LogP contribution in [0.25, 0.3) is 0 Å². The summed E-state index contributed by atoms with van der Waals surface area (Å²) in [7, 11) is 0. The van der Waals surface area contributed by atoms with E-state index in [1.807, 2.05) is 0 Å². The molecule has 2 aromatic rings. The number of nitrogens with zero attached hydrogens (tertiary/aromatic N) is 2. The van der Waals surface area contributed by atoms with Gasteiger partial charge in [0.15, 0.2) is 0 Å². The summed E-state index contributed by atoms with van der Waals surface area (Å²) in [6, 6.07) is 7.96. The first kappa shape index (κ1) is 16.5. The molecule has 0 atom stereocenters. The van der Waals surface area contributed by atoms with E-state index in [4.69, 9.17) is 5.11 Å². The number of carbonyl (C=O) groups is 2. The van der Waals surface area contributed by atoms with E-state index >= 15 is 0 Å². The second-order valence-electron chi connectivity index (χ2n) is 4.52. The number of carboxylic acid groups (broad SMARTS) is 1. The van der Waals surface area contributed by atoms with Crippen molar-refractivity contribution < 1.29 is 24.5 Å². The van der Waals surface area contributed by atoms with E-state index in [-0.39, 0.29) is 11.4 Å². The van der Waals surface area contributed by atoms with Gasteiger partial charge in [0.05, 0.1) is 15.4 Å². The molecule has 10 nitrogen and oxygen atoms in total. The number of rotatable bonds is 5. The van der Waals surface area contributed by atoms with Crippen molar-refractivity contribution in [1.29, 1.82) is 0 Å². The minimum absolute atomic E-state index is 0.125. The van der Waals surface area contributed by atoms with Crippen molar-refractivity contribution in [3.63, 3.8) is 0 Å². The van der Waals surface area contributed by atoms with E-state index in [1.165, 1.54) is 12.1 Å². The predicted molar refractivity (Wildman–Crippen MR) is 81.1 cm³/mol. The zero-order valence-electron chi connectivity index (χ0n) is 11.8. The van der Waals surface area contributed by atoms with E-state index < -0.39 is 38.5 Å². The van der Waals surface area contributed by atoms with E-state index in [9.17, 15) is 29.8 Å². The van der Waals surface area contributed by atoms with Crippen molar-refractivity contribution in [2.45, 2.75) is 0 Å². The lowest BCUT2D eigenvalue weighted by Gasteiger charge is -2.08. The Morgan fingerprint density at radius 3 is 2.08 bits per heavy atom. The van der Waals surface area contributed by atoms with Crippen LogP contribution in [0.5, 0.6) is 0 Å². The molecule has 2 rings (SSSR count). The summed E-state index contributed by atoms with van der Waals surface area (Å²) in [4.78, 5) is 43.6. The Morgan fingerprint density at radius 2 is 1.58 bits per heavy atom. The van der Waals surface area contributed by atoms with Gasteiger partial charge < -0.3 is 10.4 Å². The molecule has 0 aromatic heterocycles. The number of benzene rings is 2. The third-order valence-electron chi connectivity index (χ3n) is 3.03. The average Bonchev–Trinajstić information content (AvgIpc) is 2.54. The van der Waals surface area contributed by atoms with Crippen LogP contribution in [0.1, 0.15) is 20.7 Å². The van der Waals surface area contributed by atoms with Crippen LogP contribution in [-0.4, -0.2) is 26.8 Å². The predicted octanol–water partition coefficient (Wildman–Crippen LogP) is 2.45. The fourth-order valence-electron chi connectivity index (χ4n) is 1.97. The molecular formula is C14H9N3O7. The van der Waals surface area contributed by atoms with Crippen LogP contribution in [-0.2, 0) is 0 Å². The van der Waals surface area contributed by atoms with Crippen LogP contribution in [0.3, 0.4) is 0 Å². The van der Waals surface area contributed by atoms with Gasteiger partial charge in [-0.2, -0.15) is 0 Å². The summed E-state index contributed by atoms with van der Waals surface area (Å²) in [5.74, 6) is -2.50. The summed E-state index contributed by atoms with van der Waals surface area (Å²) in [5, 5.41) is 33.0. The quantitative estimate of drug-likeness (QED) is 0.630. The molecular weight excluding hydrogens is 322 g/mol. The maximum atomic E-state index is 12.3. The Hall–Kier alpha value is -3.82. The molecule has 1 amide bonds. The van der Waals surface area contributed by atoms with Crippen LogP contribution in [0, 0.1) is 20.2 Å². The lowest BCUT2D eigenvalue weighted by atomic mass is 10.0. The molecule has 0 fully saturated rings. The molecule has 0 heterocycles. The lowest BCUT2D eigenvalue weighted by molar-refractivity contribution is -0.385. The monoisotopic (exact) mass is 331 g/mol. The minimum atomic E-state index is -1.49. The Balaban J connectivity index is 2.40. The van der Waals surface area contributed by atoms with E-state index in [0.29, 0.717) is 0 Å². The molecule has 2 aromatic carbocycles. The van der Waals surface area contributed by atoms with Crippen LogP contribution >= 0.6 is 0 Å². The number of nitrogens with one attached hydrogen (secondary N) is 1.